The lowest BCUT2D eigenvalue weighted by Crippen LogP contribution is -2.72. The third-order valence-electron chi connectivity index (χ3n) is 3.54. The third kappa shape index (κ3) is 3.70. The van der Waals surface area contributed by atoms with E-state index in [-0.39, 0.29) is 11.8 Å². The Bertz CT molecular complexity index is 366. The molecule has 1 saturated heterocycles. The summed E-state index contributed by atoms with van der Waals surface area (Å²) in [5.74, 6) is -0.179. The summed E-state index contributed by atoms with van der Waals surface area (Å²) in [6.45, 7) is 9.14. The first-order valence-electron chi connectivity index (χ1n) is 6.95. The second-order valence-electron chi connectivity index (χ2n) is 6.05. The van der Waals surface area contributed by atoms with E-state index < -0.39 is 11.1 Å². The largest absolute Gasteiger partial charge is 0.382 e. The summed E-state index contributed by atoms with van der Waals surface area (Å²) in [5, 5.41) is 2.77. The lowest BCUT2D eigenvalue weighted by molar-refractivity contribution is -0.159. The average molecular weight is 286 g/mol. The van der Waals surface area contributed by atoms with E-state index in [1.807, 2.05) is 0 Å². The van der Waals surface area contributed by atoms with Crippen LogP contribution in [0.15, 0.2) is 0 Å². The molecule has 20 heavy (non-hydrogen) atoms. The first kappa shape index (κ1) is 16.9. The zero-order valence-corrected chi connectivity index (χ0v) is 13.1. The van der Waals surface area contributed by atoms with E-state index in [0.717, 1.165) is 0 Å². The Morgan fingerprint density at radius 3 is 2.35 bits per heavy atom. The van der Waals surface area contributed by atoms with E-state index in [1.54, 1.807) is 39.7 Å². The van der Waals surface area contributed by atoms with Crippen molar-refractivity contribution in [3.8, 4) is 0 Å². The molecule has 0 aliphatic carbocycles. The second-order valence-corrected chi connectivity index (χ2v) is 6.05. The van der Waals surface area contributed by atoms with Crippen molar-refractivity contribution in [3.63, 3.8) is 0 Å². The standard InChI is InChI=1S/C14H26N2O4/c1-13(2)12(18)16(14(3,4)11(17)15-13)7-6-8-20-10-9-19-5/h6-10H2,1-5H3,(H,15,17). The monoisotopic (exact) mass is 286 g/mol. The highest BCUT2D eigenvalue weighted by molar-refractivity contribution is 6.01. The summed E-state index contributed by atoms with van der Waals surface area (Å²) in [4.78, 5) is 26.2. The van der Waals surface area contributed by atoms with Gasteiger partial charge in [0.25, 0.3) is 0 Å². The van der Waals surface area contributed by atoms with Crippen molar-refractivity contribution < 1.29 is 19.1 Å². The highest BCUT2D eigenvalue weighted by Gasteiger charge is 2.49. The van der Waals surface area contributed by atoms with Gasteiger partial charge in [-0.1, -0.05) is 0 Å². The zero-order valence-electron chi connectivity index (χ0n) is 13.1. The minimum atomic E-state index is -0.844. The Morgan fingerprint density at radius 2 is 1.75 bits per heavy atom. The van der Waals surface area contributed by atoms with Crippen LogP contribution in [0.1, 0.15) is 34.1 Å². The molecule has 0 spiro atoms. The van der Waals surface area contributed by atoms with Crippen LogP contribution in [0.3, 0.4) is 0 Å². The van der Waals surface area contributed by atoms with Crippen molar-refractivity contribution in [2.24, 2.45) is 0 Å². The van der Waals surface area contributed by atoms with Crippen molar-refractivity contribution in [3.05, 3.63) is 0 Å². The Hall–Kier alpha value is -1.14. The highest BCUT2D eigenvalue weighted by atomic mass is 16.5. The maximum absolute atomic E-state index is 12.4. The normalized spacial score (nSPS) is 20.9. The number of carbonyl (C=O) groups excluding carboxylic acids is 2. The maximum Gasteiger partial charge on any atom is 0.248 e. The number of amides is 2. The van der Waals surface area contributed by atoms with Crippen molar-refractivity contribution >= 4 is 11.8 Å². The van der Waals surface area contributed by atoms with Gasteiger partial charge in [0.2, 0.25) is 11.8 Å². The Balaban J connectivity index is 2.56. The van der Waals surface area contributed by atoms with Crippen molar-refractivity contribution in [2.75, 3.05) is 33.5 Å². The molecule has 116 valence electrons. The summed E-state index contributed by atoms with van der Waals surface area (Å²) in [7, 11) is 1.62. The van der Waals surface area contributed by atoms with Gasteiger partial charge in [0.15, 0.2) is 0 Å². The number of hydrogen-bond acceptors (Lipinski definition) is 4. The van der Waals surface area contributed by atoms with Crippen molar-refractivity contribution in [2.45, 2.75) is 45.2 Å². The molecule has 1 rings (SSSR count). The Morgan fingerprint density at radius 1 is 1.10 bits per heavy atom. The SMILES string of the molecule is COCCOCCCN1C(=O)C(C)(C)NC(=O)C1(C)C. The Labute approximate surface area is 120 Å². The van der Waals surface area contributed by atoms with Crippen LogP contribution < -0.4 is 5.32 Å². The molecule has 0 radical (unpaired) electrons. The fourth-order valence-corrected chi connectivity index (χ4v) is 2.15. The molecular formula is C14H26N2O4. The fraction of sp³-hybridized carbons (Fsp3) is 0.857. The second kappa shape index (κ2) is 6.54. The van der Waals surface area contributed by atoms with E-state index >= 15 is 0 Å². The van der Waals surface area contributed by atoms with Gasteiger partial charge in [-0.05, 0) is 34.1 Å². The van der Waals surface area contributed by atoms with E-state index in [0.29, 0.717) is 32.8 Å². The predicted molar refractivity (Wildman–Crippen MR) is 75.3 cm³/mol. The minimum Gasteiger partial charge on any atom is -0.382 e. The minimum absolute atomic E-state index is 0.0565. The molecule has 6 nitrogen and oxygen atoms in total. The number of methoxy groups -OCH3 is 1. The van der Waals surface area contributed by atoms with Crippen LogP contribution in [0.4, 0.5) is 0 Å². The molecule has 6 heteroatoms. The average Bonchev–Trinajstić information content (AvgIpc) is 2.35. The van der Waals surface area contributed by atoms with Crippen LogP contribution in [-0.2, 0) is 19.1 Å². The van der Waals surface area contributed by atoms with Gasteiger partial charge >= 0.3 is 0 Å². The van der Waals surface area contributed by atoms with Gasteiger partial charge in [0.05, 0.1) is 13.2 Å². The van der Waals surface area contributed by atoms with Crippen LogP contribution in [0.2, 0.25) is 0 Å². The molecular weight excluding hydrogens is 260 g/mol. The molecule has 0 aromatic carbocycles. The quantitative estimate of drug-likeness (QED) is 0.694. The molecule has 0 aromatic heterocycles. The van der Waals surface area contributed by atoms with Gasteiger partial charge in [0.1, 0.15) is 11.1 Å². The van der Waals surface area contributed by atoms with Crippen LogP contribution in [-0.4, -0.2) is 61.3 Å². The summed E-state index contributed by atoms with van der Waals surface area (Å²) in [6, 6.07) is 0. The number of hydrogen-bond donors (Lipinski definition) is 1. The van der Waals surface area contributed by atoms with E-state index in [2.05, 4.69) is 5.32 Å². The molecule has 1 aliphatic rings. The lowest BCUT2D eigenvalue weighted by Gasteiger charge is -2.47. The Kier molecular flexibility index (Phi) is 5.53. The molecule has 0 bridgehead atoms. The first-order chi connectivity index (χ1) is 9.23. The van der Waals surface area contributed by atoms with Crippen LogP contribution in [0.25, 0.3) is 0 Å². The lowest BCUT2D eigenvalue weighted by atomic mass is 9.89. The number of nitrogens with zero attached hydrogens (tertiary/aromatic N) is 1. The summed E-state index contributed by atoms with van der Waals surface area (Å²) >= 11 is 0. The maximum atomic E-state index is 12.4. The smallest absolute Gasteiger partial charge is 0.248 e. The number of rotatable bonds is 7. The molecule has 0 atom stereocenters. The summed E-state index contributed by atoms with van der Waals surface area (Å²) in [6.07, 6.45) is 0.697. The van der Waals surface area contributed by atoms with Crippen molar-refractivity contribution in [1.82, 2.24) is 10.2 Å². The molecule has 0 unspecified atom stereocenters. The molecule has 0 aromatic rings. The number of ether oxygens (including phenoxy) is 2. The molecule has 0 saturated carbocycles. The van der Waals surface area contributed by atoms with E-state index in [4.69, 9.17) is 9.47 Å². The number of nitrogens with one attached hydrogen (secondary N) is 1. The number of carbonyl (C=O) groups is 2. The van der Waals surface area contributed by atoms with Crippen LogP contribution in [0.5, 0.6) is 0 Å². The van der Waals surface area contributed by atoms with Crippen molar-refractivity contribution in [1.29, 1.82) is 0 Å². The fourth-order valence-electron chi connectivity index (χ4n) is 2.15. The zero-order chi connectivity index (χ0) is 15.4. The van der Waals surface area contributed by atoms with Gasteiger partial charge in [0, 0.05) is 20.3 Å². The van der Waals surface area contributed by atoms with Gasteiger partial charge in [-0.25, -0.2) is 0 Å². The topological polar surface area (TPSA) is 67.9 Å². The highest BCUT2D eigenvalue weighted by Crippen LogP contribution is 2.25. The molecule has 1 aliphatic heterocycles. The number of piperazine rings is 1. The summed E-state index contributed by atoms with van der Waals surface area (Å²) < 4.78 is 10.3. The van der Waals surface area contributed by atoms with Gasteiger partial charge in [-0.2, -0.15) is 0 Å². The first-order valence-corrected chi connectivity index (χ1v) is 6.95. The molecule has 1 fully saturated rings. The van der Waals surface area contributed by atoms with E-state index in [1.165, 1.54) is 0 Å². The van der Waals surface area contributed by atoms with Gasteiger partial charge < -0.3 is 19.7 Å². The molecule has 2 amide bonds. The van der Waals surface area contributed by atoms with Crippen LogP contribution in [0, 0.1) is 0 Å². The predicted octanol–water partition coefficient (Wildman–Crippen LogP) is 0.555. The summed E-state index contributed by atoms with van der Waals surface area (Å²) in [5.41, 5.74) is -1.66. The third-order valence-corrected chi connectivity index (χ3v) is 3.54. The van der Waals surface area contributed by atoms with E-state index in [9.17, 15) is 9.59 Å². The molecule has 1 heterocycles. The van der Waals surface area contributed by atoms with Crippen LogP contribution >= 0.6 is 0 Å². The van der Waals surface area contributed by atoms with Gasteiger partial charge in [-0.3, -0.25) is 9.59 Å². The molecule has 1 N–H and O–H groups in total. The van der Waals surface area contributed by atoms with Gasteiger partial charge in [-0.15, -0.1) is 0 Å².